The Morgan fingerprint density at radius 3 is 2.04 bits per heavy atom. The summed E-state index contributed by atoms with van der Waals surface area (Å²) >= 11 is 2.31. The van der Waals surface area contributed by atoms with Crippen molar-refractivity contribution in [3.8, 4) is 11.1 Å². The van der Waals surface area contributed by atoms with Gasteiger partial charge in [-0.15, -0.1) is 23.1 Å². The van der Waals surface area contributed by atoms with E-state index in [0.29, 0.717) is 20.2 Å². The molecule has 3 rings (SSSR count). The molecule has 0 aliphatic rings. The Morgan fingerprint density at radius 1 is 0.957 bits per heavy atom. The highest BCUT2D eigenvalue weighted by Crippen LogP contribution is 2.42. The maximum Gasteiger partial charge on any atom is 0.490 e. The van der Waals surface area contributed by atoms with Crippen molar-refractivity contribution in [2.45, 2.75) is 27.1 Å². The third-order valence-corrected chi connectivity index (χ3v) is 10.1. The van der Waals surface area contributed by atoms with Gasteiger partial charge in [0.25, 0.3) is 0 Å². The number of alkyl halides is 3. The van der Waals surface area contributed by atoms with Crippen LogP contribution < -0.4 is 27.0 Å². The van der Waals surface area contributed by atoms with Gasteiger partial charge in [0.15, 0.2) is 0 Å². The molecule has 1 aromatic heterocycles. The number of aryl methyl sites for hydroxylation is 1. The first-order chi connectivity index (χ1) is 21.9. The van der Waals surface area contributed by atoms with Crippen molar-refractivity contribution in [3.63, 3.8) is 0 Å². The summed E-state index contributed by atoms with van der Waals surface area (Å²) < 4.78 is 60.2. The van der Waals surface area contributed by atoms with Gasteiger partial charge < -0.3 is 37.2 Å². The van der Waals surface area contributed by atoms with Gasteiger partial charge in [0.1, 0.15) is 12.4 Å². The van der Waals surface area contributed by atoms with Crippen LogP contribution in [0.3, 0.4) is 0 Å². The number of halogens is 3. The van der Waals surface area contributed by atoms with Crippen LogP contribution in [-0.4, -0.2) is 80.5 Å². The van der Waals surface area contributed by atoms with Crippen molar-refractivity contribution in [3.05, 3.63) is 59.0 Å². The standard InChI is InChI=1S/C25H28N6O6S3.C2HF3O2/c1-14-8-9-17(40(36,37)18-12-16(22(26)27)39-23(18)38-2)21(20(14)15-6-4-3-5-7-15)31-25(35)29-11-10-28-24(34)30-13-19(32)33;3-2(4,5)1(6)7/h3-9,12H,10-11,13H2,1-2H3,(H3,26,27)(H,32,33)(H2,28,30,34)(H2,29,31,35);(H,6,7). The SMILES string of the molecule is CSc1sc(C(=N)N)cc1S(=O)(=O)c1ccc(C)c(-c2ccccc2)c1NC(=O)NCCNC(=O)NCC(=O)O.O=C(O)C(F)(F)F. The number of thiophene rings is 1. The van der Waals surface area contributed by atoms with E-state index in [2.05, 4.69) is 21.3 Å². The summed E-state index contributed by atoms with van der Waals surface area (Å²) in [6.45, 7) is 1.21. The van der Waals surface area contributed by atoms with Gasteiger partial charge in [-0.05, 0) is 36.4 Å². The highest BCUT2D eigenvalue weighted by Gasteiger charge is 2.38. The molecule has 0 saturated heterocycles. The number of amidine groups is 1. The number of nitrogens with one attached hydrogen (secondary N) is 5. The van der Waals surface area contributed by atoms with E-state index >= 15 is 0 Å². The summed E-state index contributed by atoms with van der Waals surface area (Å²) in [6, 6.07) is 12.0. The number of carbonyl (C=O) groups is 4. The molecule has 0 saturated carbocycles. The number of rotatable bonds is 11. The van der Waals surface area contributed by atoms with Crippen molar-refractivity contribution < 1.29 is 51.0 Å². The molecule has 0 fully saturated rings. The number of anilines is 1. The maximum absolute atomic E-state index is 14.0. The van der Waals surface area contributed by atoms with E-state index in [1.165, 1.54) is 23.9 Å². The highest BCUT2D eigenvalue weighted by molar-refractivity contribution is 8.01. The molecule has 3 aromatic rings. The molecule has 47 heavy (non-hydrogen) atoms. The third kappa shape index (κ3) is 10.9. The topological polar surface area (TPSA) is 241 Å². The predicted molar refractivity (Wildman–Crippen MR) is 169 cm³/mol. The molecule has 14 nitrogen and oxygen atoms in total. The number of nitrogens with two attached hydrogens (primary N) is 1. The Hall–Kier alpha value is -4.82. The van der Waals surface area contributed by atoms with Crippen LogP contribution in [0.25, 0.3) is 11.1 Å². The molecule has 0 aliphatic carbocycles. The lowest BCUT2D eigenvalue weighted by molar-refractivity contribution is -0.192. The number of benzene rings is 2. The lowest BCUT2D eigenvalue weighted by atomic mass is 9.98. The average molecular weight is 719 g/mol. The average Bonchev–Trinajstić information content (AvgIpc) is 3.45. The molecule has 20 heteroatoms. The second-order valence-corrected chi connectivity index (χ2v) is 13.1. The van der Waals surface area contributed by atoms with Crippen LogP contribution in [0.5, 0.6) is 0 Å². The Morgan fingerprint density at radius 2 is 1.53 bits per heavy atom. The maximum atomic E-state index is 14.0. The fourth-order valence-electron chi connectivity index (χ4n) is 3.68. The van der Waals surface area contributed by atoms with E-state index in [0.717, 1.165) is 16.9 Å². The van der Waals surface area contributed by atoms with E-state index in [4.69, 9.17) is 26.2 Å². The minimum Gasteiger partial charge on any atom is -0.480 e. The van der Waals surface area contributed by atoms with Crippen molar-refractivity contribution in [1.82, 2.24) is 16.0 Å². The van der Waals surface area contributed by atoms with Crippen LogP contribution in [-0.2, 0) is 19.4 Å². The molecular weight excluding hydrogens is 690 g/mol. The molecule has 0 unspecified atom stereocenters. The normalized spacial score (nSPS) is 11.0. The lowest BCUT2D eigenvalue weighted by Crippen LogP contribution is -2.42. The number of sulfone groups is 1. The predicted octanol–water partition coefficient (Wildman–Crippen LogP) is 3.70. The van der Waals surface area contributed by atoms with E-state index < -0.39 is 46.6 Å². The van der Waals surface area contributed by atoms with Gasteiger partial charge in [-0.25, -0.2) is 22.8 Å². The number of aliphatic carboxylic acids is 2. The summed E-state index contributed by atoms with van der Waals surface area (Å²) in [6.07, 6.45) is -3.36. The van der Waals surface area contributed by atoms with E-state index in [-0.39, 0.29) is 34.4 Å². The molecule has 0 aliphatic heterocycles. The Labute approximate surface area is 274 Å². The molecule has 0 radical (unpaired) electrons. The van der Waals surface area contributed by atoms with Gasteiger partial charge >= 0.3 is 30.2 Å². The molecule has 254 valence electrons. The molecule has 0 bridgehead atoms. The van der Waals surface area contributed by atoms with Gasteiger partial charge in [0.2, 0.25) is 9.84 Å². The largest absolute Gasteiger partial charge is 0.490 e. The molecular formula is C27H29F3N6O8S3. The summed E-state index contributed by atoms with van der Waals surface area (Å²) in [5, 5.41) is 33.3. The van der Waals surface area contributed by atoms with E-state index in [1.54, 1.807) is 43.5 Å². The van der Waals surface area contributed by atoms with Crippen molar-refractivity contribution in [2.75, 3.05) is 31.2 Å². The zero-order valence-corrected chi connectivity index (χ0v) is 27.0. The Balaban J connectivity index is 0.000000984. The van der Waals surface area contributed by atoms with E-state index in [1.807, 2.05) is 6.07 Å². The van der Waals surface area contributed by atoms with Crippen molar-refractivity contribution in [1.29, 1.82) is 5.41 Å². The summed E-state index contributed by atoms with van der Waals surface area (Å²) in [7, 11) is -4.19. The third-order valence-electron chi connectivity index (χ3n) is 5.71. The van der Waals surface area contributed by atoms with Gasteiger partial charge in [0.05, 0.1) is 24.6 Å². The minimum absolute atomic E-state index is 0.0107. The summed E-state index contributed by atoms with van der Waals surface area (Å²) in [4.78, 5) is 44.1. The van der Waals surface area contributed by atoms with Crippen LogP contribution in [0.15, 0.2) is 62.5 Å². The molecule has 1 heterocycles. The first kappa shape index (κ1) is 38.4. The highest BCUT2D eigenvalue weighted by atomic mass is 32.2. The molecule has 4 amide bonds. The lowest BCUT2D eigenvalue weighted by Gasteiger charge is -2.19. The van der Waals surface area contributed by atoms with Gasteiger partial charge in [-0.3, -0.25) is 10.2 Å². The van der Waals surface area contributed by atoms with Crippen molar-refractivity contribution >= 4 is 68.5 Å². The van der Waals surface area contributed by atoms with Gasteiger partial charge in [0, 0.05) is 18.7 Å². The van der Waals surface area contributed by atoms with Crippen LogP contribution >= 0.6 is 23.1 Å². The molecule has 0 spiro atoms. The second kappa shape index (κ2) is 16.7. The summed E-state index contributed by atoms with van der Waals surface area (Å²) in [5.41, 5.74) is 7.60. The fraction of sp³-hybridized carbons (Fsp3) is 0.222. The fourth-order valence-corrected chi connectivity index (χ4v) is 7.69. The quantitative estimate of drug-likeness (QED) is 0.0619. The molecule has 2 aromatic carbocycles. The minimum atomic E-state index is -5.08. The number of amides is 4. The molecule has 0 atom stereocenters. The zero-order valence-electron chi connectivity index (χ0n) is 24.5. The number of carboxylic acids is 2. The van der Waals surface area contributed by atoms with Crippen LogP contribution in [0.2, 0.25) is 0 Å². The number of urea groups is 2. The zero-order chi connectivity index (χ0) is 35.5. The van der Waals surface area contributed by atoms with Crippen LogP contribution in [0.1, 0.15) is 10.4 Å². The van der Waals surface area contributed by atoms with Gasteiger partial charge in [-0.1, -0.05) is 36.4 Å². The number of hydrogen-bond donors (Lipinski definition) is 8. The van der Waals surface area contributed by atoms with Crippen LogP contribution in [0, 0.1) is 12.3 Å². The number of carboxylic acid groups (broad SMARTS) is 2. The number of thioether (sulfide) groups is 1. The summed E-state index contributed by atoms with van der Waals surface area (Å²) in [5.74, 6) is -4.21. The smallest absolute Gasteiger partial charge is 0.480 e. The van der Waals surface area contributed by atoms with E-state index in [9.17, 15) is 36.0 Å². The number of carbonyl (C=O) groups excluding carboxylic acids is 2. The van der Waals surface area contributed by atoms with Crippen molar-refractivity contribution in [2.24, 2.45) is 5.73 Å². The van der Waals surface area contributed by atoms with Gasteiger partial charge in [-0.2, -0.15) is 13.2 Å². The number of hydrogen-bond acceptors (Lipinski definition) is 9. The molecule has 9 N–H and O–H groups in total. The Kier molecular flexibility index (Phi) is 13.6. The number of nitrogen functional groups attached to an aromatic ring is 1. The monoisotopic (exact) mass is 718 g/mol. The first-order valence-electron chi connectivity index (χ1n) is 12.9. The first-order valence-corrected chi connectivity index (χ1v) is 16.5. The van der Waals surface area contributed by atoms with Crippen LogP contribution in [0.4, 0.5) is 28.4 Å². The second-order valence-electron chi connectivity index (χ2n) is 9.07. The Bertz CT molecular complexity index is 1750.